The van der Waals surface area contributed by atoms with Gasteiger partial charge in [-0.25, -0.2) is 0 Å². The second-order valence-electron chi connectivity index (χ2n) is 3.85. The highest BCUT2D eigenvalue weighted by molar-refractivity contribution is 5.36. The first-order valence-corrected chi connectivity index (χ1v) is 5.75. The average molecular weight is 206 g/mol. The van der Waals surface area contributed by atoms with Crippen LogP contribution in [0.2, 0.25) is 0 Å². The number of hydrogen-bond donors (Lipinski definition) is 1. The summed E-state index contributed by atoms with van der Waals surface area (Å²) in [6.07, 6.45) is 11.0. The second kappa shape index (κ2) is 6.59. The van der Waals surface area contributed by atoms with E-state index in [1.54, 1.807) is 0 Å². The third kappa shape index (κ3) is 3.65. The van der Waals surface area contributed by atoms with Crippen molar-refractivity contribution in [3.8, 4) is 0 Å². The standard InChI is InChI=1S/C13H22N2/c1-3-5-7-13-10-15(11-14)9-8-12(13)6-4-2/h4-7H,3,8-11,14H2,1-2H3/b6-4-,7-5+. The zero-order valence-electron chi connectivity index (χ0n) is 9.87. The zero-order chi connectivity index (χ0) is 11.1. The normalized spacial score (nSPS) is 19.7. The Morgan fingerprint density at radius 2 is 2.13 bits per heavy atom. The summed E-state index contributed by atoms with van der Waals surface area (Å²) in [5.41, 5.74) is 8.56. The molecule has 0 amide bonds. The summed E-state index contributed by atoms with van der Waals surface area (Å²) in [5, 5.41) is 0. The van der Waals surface area contributed by atoms with Gasteiger partial charge in [0.05, 0.1) is 0 Å². The first kappa shape index (κ1) is 12.2. The predicted molar refractivity (Wildman–Crippen MR) is 66.5 cm³/mol. The van der Waals surface area contributed by atoms with E-state index in [0.717, 1.165) is 25.9 Å². The molecule has 2 heteroatoms. The monoisotopic (exact) mass is 206 g/mol. The van der Waals surface area contributed by atoms with Crippen LogP contribution in [-0.4, -0.2) is 24.7 Å². The van der Waals surface area contributed by atoms with Crippen molar-refractivity contribution in [1.29, 1.82) is 0 Å². The van der Waals surface area contributed by atoms with E-state index in [1.165, 1.54) is 11.1 Å². The number of allylic oxidation sites excluding steroid dienone is 3. The maximum Gasteiger partial charge on any atom is 0.0458 e. The van der Waals surface area contributed by atoms with Gasteiger partial charge in [0, 0.05) is 19.8 Å². The van der Waals surface area contributed by atoms with Crippen LogP contribution in [0.3, 0.4) is 0 Å². The van der Waals surface area contributed by atoms with Crippen LogP contribution in [0, 0.1) is 0 Å². The van der Waals surface area contributed by atoms with E-state index < -0.39 is 0 Å². The molecule has 0 atom stereocenters. The van der Waals surface area contributed by atoms with Crippen LogP contribution in [0.1, 0.15) is 26.7 Å². The minimum Gasteiger partial charge on any atom is -0.318 e. The van der Waals surface area contributed by atoms with Crippen LogP contribution in [0.15, 0.2) is 35.5 Å². The molecule has 84 valence electrons. The summed E-state index contributed by atoms with van der Waals surface area (Å²) in [6.45, 7) is 6.97. The molecular formula is C13H22N2. The molecule has 0 radical (unpaired) electrons. The van der Waals surface area contributed by atoms with Gasteiger partial charge in [0.15, 0.2) is 0 Å². The fourth-order valence-corrected chi connectivity index (χ4v) is 1.83. The molecule has 0 spiro atoms. The average Bonchev–Trinajstić information content (AvgIpc) is 2.28. The van der Waals surface area contributed by atoms with Gasteiger partial charge >= 0.3 is 0 Å². The lowest BCUT2D eigenvalue weighted by Gasteiger charge is -2.27. The molecule has 1 aliphatic heterocycles. The molecule has 1 rings (SSSR count). The molecule has 2 nitrogen and oxygen atoms in total. The van der Waals surface area contributed by atoms with E-state index in [-0.39, 0.29) is 0 Å². The predicted octanol–water partition coefficient (Wildman–Crippen LogP) is 2.45. The molecule has 1 heterocycles. The van der Waals surface area contributed by atoms with Gasteiger partial charge < -0.3 is 5.73 Å². The SMILES string of the molecule is C/C=C\C1=C(/C=C/CC)CN(CN)CC1. The zero-order valence-corrected chi connectivity index (χ0v) is 9.87. The molecular weight excluding hydrogens is 184 g/mol. The Labute approximate surface area is 93.1 Å². The highest BCUT2D eigenvalue weighted by atomic mass is 15.2. The lowest BCUT2D eigenvalue weighted by atomic mass is 9.99. The van der Waals surface area contributed by atoms with Crippen molar-refractivity contribution < 1.29 is 0 Å². The molecule has 1 aliphatic rings. The first-order valence-electron chi connectivity index (χ1n) is 5.75. The Kier molecular flexibility index (Phi) is 5.37. The highest BCUT2D eigenvalue weighted by Crippen LogP contribution is 2.19. The van der Waals surface area contributed by atoms with Crippen LogP contribution in [0.25, 0.3) is 0 Å². The minimum atomic E-state index is 0.659. The summed E-state index contributed by atoms with van der Waals surface area (Å²) in [5.74, 6) is 0. The Bertz CT molecular complexity index is 274. The van der Waals surface area contributed by atoms with Crippen molar-refractivity contribution in [2.45, 2.75) is 26.7 Å². The number of nitrogens with two attached hydrogens (primary N) is 1. The fraction of sp³-hybridized carbons (Fsp3) is 0.538. The van der Waals surface area contributed by atoms with Gasteiger partial charge in [-0.2, -0.15) is 0 Å². The molecule has 0 aromatic heterocycles. The van der Waals surface area contributed by atoms with Gasteiger partial charge in [-0.15, -0.1) is 0 Å². The van der Waals surface area contributed by atoms with Gasteiger partial charge in [0.1, 0.15) is 0 Å². The van der Waals surface area contributed by atoms with Crippen LogP contribution in [0.5, 0.6) is 0 Å². The lowest BCUT2D eigenvalue weighted by molar-refractivity contribution is 0.298. The van der Waals surface area contributed by atoms with Crippen molar-refractivity contribution >= 4 is 0 Å². The Hall–Kier alpha value is -0.860. The Morgan fingerprint density at radius 1 is 1.33 bits per heavy atom. The molecule has 0 fully saturated rings. The van der Waals surface area contributed by atoms with Gasteiger partial charge in [-0.05, 0) is 30.9 Å². The second-order valence-corrected chi connectivity index (χ2v) is 3.85. The van der Waals surface area contributed by atoms with E-state index in [2.05, 4.69) is 43.1 Å². The van der Waals surface area contributed by atoms with E-state index in [1.807, 2.05) is 0 Å². The van der Waals surface area contributed by atoms with Gasteiger partial charge in [-0.1, -0.05) is 31.2 Å². The fourth-order valence-electron chi connectivity index (χ4n) is 1.83. The third-order valence-electron chi connectivity index (χ3n) is 2.68. The Balaban J connectivity index is 2.81. The van der Waals surface area contributed by atoms with Crippen LogP contribution >= 0.6 is 0 Å². The summed E-state index contributed by atoms with van der Waals surface area (Å²) in [7, 11) is 0. The minimum absolute atomic E-state index is 0.659. The maximum absolute atomic E-state index is 5.67. The smallest absolute Gasteiger partial charge is 0.0458 e. The summed E-state index contributed by atoms with van der Waals surface area (Å²) in [4.78, 5) is 2.28. The quantitative estimate of drug-likeness (QED) is 0.765. The van der Waals surface area contributed by atoms with E-state index >= 15 is 0 Å². The first-order chi connectivity index (χ1) is 7.31. The summed E-state index contributed by atoms with van der Waals surface area (Å²) >= 11 is 0. The van der Waals surface area contributed by atoms with Crippen molar-refractivity contribution in [2.24, 2.45) is 5.73 Å². The summed E-state index contributed by atoms with van der Waals surface area (Å²) in [6, 6.07) is 0. The van der Waals surface area contributed by atoms with E-state index in [4.69, 9.17) is 5.73 Å². The summed E-state index contributed by atoms with van der Waals surface area (Å²) < 4.78 is 0. The number of nitrogens with zero attached hydrogens (tertiary/aromatic N) is 1. The molecule has 0 saturated heterocycles. The van der Waals surface area contributed by atoms with Gasteiger partial charge in [0.25, 0.3) is 0 Å². The number of hydrogen-bond acceptors (Lipinski definition) is 2. The maximum atomic E-state index is 5.67. The van der Waals surface area contributed by atoms with Crippen molar-refractivity contribution in [3.63, 3.8) is 0 Å². The van der Waals surface area contributed by atoms with Crippen LogP contribution < -0.4 is 5.73 Å². The largest absolute Gasteiger partial charge is 0.318 e. The van der Waals surface area contributed by atoms with Gasteiger partial charge in [0.2, 0.25) is 0 Å². The molecule has 0 bridgehead atoms. The molecule has 0 unspecified atom stereocenters. The topological polar surface area (TPSA) is 29.3 Å². The molecule has 2 N–H and O–H groups in total. The van der Waals surface area contributed by atoms with E-state index in [0.29, 0.717) is 6.67 Å². The van der Waals surface area contributed by atoms with Crippen LogP contribution in [-0.2, 0) is 0 Å². The third-order valence-corrected chi connectivity index (χ3v) is 2.68. The molecule has 0 aromatic rings. The Morgan fingerprint density at radius 3 is 2.73 bits per heavy atom. The van der Waals surface area contributed by atoms with Crippen molar-refractivity contribution in [3.05, 3.63) is 35.5 Å². The molecule has 0 aliphatic carbocycles. The van der Waals surface area contributed by atoms with Crippen LogP contribution in [0.4, 0.5) is 0 Å². The highest BCUT2D eigenvalue weighted by Gasteiger charge is 2.13. The molecule has 0 saturated carbocycles. The molecule has 0 aromatic carbocycles. The van der Waals surface area contributed by atoms with Crippen molar-refractivity contribution in [1.82, 2.24) is 4.90 Å². The lowest BCUT2D eigenvalue weighted by Crippen LogP contribution is -2.35. The van der Waals surface area contributed by atoms with Crippen molar-refractivity contribution in [2.75, 3.05) is 19.8 Å². The van der Waals surface area contributed by atoms with Gasteiger partial charge in [-0.3, -0.25) is 4.90 Å². The number of rotatable bonds is 4. The van der Waals surface area contributed by atoms with E-state index in [9.17, 15) is 0 Å². The molecule has 15 heavy (non-hydrogen) atoms.